The maximum absolute atomic E-state index is 12.4. The number of nitrogens with one attached hydrogen (secondary N) is 1. The summed E-state index contributed by atoms with van der Waals surface area (Å²) >= 11 is 6.03. The maximum atomic E-state index is 12.4. The van der Waals surface area contributed by atoms with Crippen molar-refractivity contribution in [3.05, 3.63) is 63.7 Å². The van der Waals surface area contributed by atoms with Crippen LogP contribution in [0.5, 0.6) is 11.5 Å². The van der Waals surface area contributed by atoms with E-state index in [1.54, 1.807) is 36.4 Å². The van der Waals surface area contributed by atoms with Gasteiger partial charge < -0.3 is 19.2 Å². The summed E-state index contributed by atoms with van der Waals surface area (Å²) in [6.07, 6.45) is 0. The molecule has 3 aromatic rings. The third kappa shape index (κ3) is 3.44. The number of halogens is 1. The van der Waals surface area contributed by atoms with Crippen LogP contribution >= 0.6 is 11.6 Å². The van der Waals surface area contributed by atoms with Crippen LogP contribution in [0.15, 0.2) is 51.7 Å². The van der Waals surface area contributed by atoms with Gasteiger partial charge in [-0.25, -0.2) is 4.79 Å². The number of methoxy groups -OCH3 is 2. The standard InChI is InChI=1S/C18H14ClNO5/c1-23-12-4-5-13-10(7-12)8-16(25-18(13)22)17(21)20-11-3-6-15(24-2)14(19)9-11/h3-9H,1-2H3,(H,20,21). The first-order valence-electron chi connectivity index (χ1n) is 7.28. The lowest BCUT2D eigenvalue weighted by molar-refractivity contribution is 0.0993. The van der Waals surface area contributed by atoms with Gasteiger partial charge in [0.25, 0.3) is 5.91 Å². The van der Waals surface area contributed by atoms with Gasteiger partial charge >= 0.3 is 5.63 Å². The summed E-state index contributed by atoms with van der Waals surface area (Å²) in [4.78, 5) is 24.4. The average Bonchev–Trinajstić information content (AvgIpc) is 2.61. The van der Waals surface area contributed by atoms with Crippen molar-refractivity contribution in [2.24, 2.45) is 0 Å². The van der Waals surface area contributed by atoms with E-state index < -0.39 is 11.5 Å². The Bertz CT molecular complexity index is 1010. The van der Waals surface area contributed by atoms with Crippen molar-refractivity contribution in [3.8, 4) is 11.5 Å². The molecular formula is C18H14ClNO5. The van der Waals surface area contributed by atoms with Crippen LogP contribution in [0.25, 0.3) is 10.8 Å². The zero-order valence-electron chi connectivity index (χ0n) is 13.5. The Morgan fingerprint density at radius 1 is 1.08 bits per heavy atom. The molecule has 3 rings (SSSR count). The third-order valence-electron chi connectivity index (χ3n) is 3.60. The van der Waals surface area contributed by atoms with E-state index in [0.29, 0.717) is 33.0 Å². The molecule has 0 spiro atoms. The molecule has 0 radical (unpaired) electrons. The van der Waals surface area contributed by atoms with Crippen LogP contribution in [0.1, 0.15) is 10.6 Å². The molecule has 0 aliphatic carbocycles. The SMILES string of the molecule is COc1ccc2c(=O)oc(C(=O)Nc3ccc(OC)c(Cl)c3)cc2c1. The van der Waals surface area contributed by atoms with E-state index in [-0.39, 0.29) is 5.76 Å². The summed E-state index contributed by atoms with van der Waals surface area (Å²) in [7, 11) is 3.02. The summed E-state index contributed by atoms with van der Waals surface area (Å²) in [6.45, 7) is 0. The van der Waals surface area contributed by atoms with Gasteiger partial charge in [0.15, 0.2) is 5.76 Å². The first-order chi connectivity index (χ1) is 12.0. The molecule has 7 heteroatoms. The quantitative estimate of drug-likeness (QED) is 0.768. The van der Waals surface area contributed by atoms with E-state index in [4.69, 9.17) is 25.5 Å². The van der Waals surface area contributed by atoms with E-state index in [2.05, 4.69) is 5.32 Å². The molecule has 0 saturated heterocycles. The number of ether oxygens (including phenoxy) is 2. The van der Waals surface area contributed by atoms with E-state index in [1.165, 1.54) is 20.3 Å². The Kier molecular flexibility index (Phi) is 4.63. The minimum atomic E-state index is -0.599. The fourth-order valence-corrected chi connectivity index (χ4v) is 2.61. The molecule has 0 atom stereocenters. The molecule has 1 amide bonds. The molecule has 1 aromatic heterocycles. The molecule has 0 unspecified atom stereocenters. The van der Waals surface area contributed by atoms with Crippen LogP contribution in [-0.2, 0) is 0 Å². The number of carbonyl (C=O) groups excluding carboxylic acids is 1. The van der Waals surface area contributed by atoms with E-state index in [9.17, 15) is 9.59 Å². The van der Waals surface area contributed by atoms with Crippen molar-refractivity contribution in [1.82, 2.24) is 0 Å². The number of amides is 1. The lowest BCUT2D eigenvalue weighted by Crippen LogP contribution is -2.15. The van der Waals surface area contributed by atoms with Crippen molar-refractivity contribution in [1.29, 1.82) is 0 Å². The molecule has 0 aliphatic rings. The molecule has 0 aliphatic heterocycles. The number of hydrogen-bond donors (Lipinski definition) is 1. The predicted octanol–water partition coefficient (Wildman–Crippen LogP) is 3.72. The van der Waals surface area contributed by atoms with E-state index >= 15 is 0 Å². The van der Waals surface area contributed by atoms with Crippen LogP contribution in [0.2, 0.25) is 5.02 Å². The summed E-state index contributed by atoms with van der Waals surface area (Å²) in [5, 5.41) is 3.90. The molecule has 128 valence electrons. The Morgan fingerprint density at radius 2 is 1.88 bits per heavy atom. The second-order valence-electron chi connectivity index (χ2n) is 5.15. The van der Waals surface area contributed by atoms with Gasteiger partial charge in [-0.05, 0) is 47.9 Å². The Morgan fingerprint density at radius 3 is 2.56 bits per heavy atom. The second-order valence-corrected chi connectivity index (χ2v) is 5.56. The van der Waals surface area contributed by atoms with Crippen molar-refractivity contribution in [2.75, 3.05) is 19.5 Å². The van der Waals surface area contributed by atoms with Crippen LogP contribution in [0.3, 0.4) is 0 Å². The minimum absolute atomic E-state index is 0.113. The third-order valence-corrected chi connectivity index (χ3v) is 3.90. The fraction of sp³-hybridized carbons (Fsp3) is 0.111. The first-order valence-corrected chi connectivity index (χ1v) is 7.66. The van der Waals surface area contributed by atoms with Gasteiger partial charge in [-0.3, -0.25) is 4.79 Å². The van der Waals surface area contributed by atoms with E-state index in [1.807, 2.05) is 0 Å². The van der Waals surface area contributed by atoms with E-state index in [0.717, 1.165) is 0 Å². The molecular weight excluding hydrogens is 346 g/mol. The molecule has 0 bridgehead atoms. The number of anilines is 1. The van der Waals surface area contributed by atoms with Gasteiger partial charge in [0.2, 0.25) is 0 Å². The number of rotatable bonds is 4. The van der Waals surface area contributed by atoms with Crippen molar-refractivity contribution < 1.29 is 18.7 Å². The highest BCUT2D eigenvalue weighted by atomic mass is 35.5. The number of benzene rings is 2. The molecule has 2 aromatic carbocycles. The Hall–Kier alpha value is -2.99. The van der Waals surface area contributed by atoms with Crippen LogP contribution < -0.4 is 20.4 Å². The van der Waals surface area contributed by atoms with Crippen LogP contribution in [-0.4, -0.2) is 20.1 Å². The highest BCUT2D eigenvalue weighted by molar-refractivity contribution is 6.32. The number of carbonyl (C=O) groups is 1. The second kappa shape index (κ2) is 6.86. The Labute approximate surface area is 147 Å². The number of fused-ring (bicyclic) bond motifs is 1. The Balaban J connectivity index is 1.94. The van der Waals surface area contributed by atoms with Gasteiger partial charge in [-0.15, -0.1) is 0 Å². The van der Waals surface area contributed by atoms with Crippen LogP contribution in [0.4, 0.5) is 5.69 Å². The van der Waals surface area contributed by atoms with Gasteiger partial charge in [-0.2, -0.15) is 0 Å². The minimum Gasteiger partial charge on any atom is -0.497 e. The smallest absolute Gasteiger partial charge is 0.344 e. The average molecular weight is 360 g/mol. The summed E-state index contributed by atoms with van der Waals surface area (Å²) in [6, 6.07) is 11.2. The van der Waals surface area contributed by atoms with Gasteiger partial charge in [-0.1, -0.05) is 11.6 Å². The highest BCUT2D eigenvalue weighted by Gasteiger charge is 2.14. The topological polar surface area (TPSA) is 77.8 Å². The lowest BCUT2D eigenvalue weighted by Gasteiger charge is -2.08. The van der Waals surface area contributed by atoms with Crippen molar-refractivity contribution in [2.45, 2.75) is 0 Å². The van der Waals surface area contributed by atoms with Gasteiger partial charge in [0.1, 0.15) is 11.5 Å². The zero-order chi connectivity index (χ0) is 18.0. The monoisotopic (exact) mass is 359 g/mol. The van der Waals surface area contributed by atoms with Gasteiger partial charge in [0, 0.05) is 5.69 Å². The molecule has 0 fully saturated rings. The maximum Gasteiger partial charge on any atom is 0.344 e. The fourth-order valence-electron chi connectivity index (χ4n) is 2.35. The molecule has 1 N–H and O–H groups in total. The first kappa shape index (κ1) is 16.9. The lowest BCUT2D eigenvalue weighted by atomic mass is 10.1. The van der Waals surface area contributed by atoms with Crippen molar-refractivity contribution >= 4 is 34.0 Å². The normalized spacial score (nSPS) is 10.5. The molecule has 25 heavy (non-hydrogen) atoms. The molecule has 0 saturated carbocycles. The predicted molar refractivity (Wildman–Crippen MR) is 95.0 cm³/mol. The number of hydrogen-bond acceptors (Lipinski definition) is 5. The molecule has 1 heterocycles. The van der Waals surface area contributed by atoms with Crippen molar-refractivity contribution in [3.63, 3.8) is 0 Å². The summed E-state index contributed by atoms with van der Waals surface area (Å²) < 4.78 is 15.3. The highest BCUT2D eigenvalue weighted by Crippen LogP contribution is 2.27. The summed E-state index contributed by atoms with van der Waals surface area (Å²) in [5.41, 5.74) is -0.151. The van der Waals surface area contributed by atoms with Crippen LogP contribution in [0, 0.1) is 0 Å². The summed E-state index contributed by atoms with van der Waals surface area (Å²) in [5.74, 6) is 0.385. The van der Waals surface area contributed by atoms with Gasteiger partial charge in [0.05, 0.1) is 24.6 Å². The molecule has 6 nitrogen and oxygen atoms in total. The largest absolute Gasteiger partial charge is 0.497 e. The zero-order valence-corrected chi connectivity index (χ0v) is 14.2.